The molecule has 0 aliphatic heterocycles. The summed E-state index contributed by atoms with van der Waals surface area (Å²) >= 11 is 0. The molecule has 0 atom stereocenters. The number of nitrogens with one attached hydrogen (secondary N) is 3. The molecule has 0 heterocycles. The minimum Gasteiger partial charge on any atom is -0.444 e. The third-order valence-electron chi connectivity index (χ3n) is 3.65. The van der Waals surface area contributed by atoms with Crippen molar-refractivity contribution in [2.24, 2.45) is 0 Å². The van der Waals surface area contributed by atoms with Gasteiger partial charge in [0, 0.05) is 32.8 Å². The summed E-state index contributed by atoms with van der Waals surface area (Å²) in [6.07, 6.45) is 2.61. The molecule has 0 bridgehead atoms. The monoisotopic (exact) mass is 423 g/mol. The molecule has 0 fully saturated rings. The molecular formula is C23H41N3O4. The summed E-state index contributed by atoms with van der Waals surface area (Å²) in [6, 6.07) is 10.0. The normalized spacial score (nSPS) is 10.6. The molecular weight excluding hydrogens is 382 g/mol. The van der Waals surface area contributed by atoms with Crippen molar-refractivity contribution in [3.05, 3.63) is 35.9 Å². The van der Waals surface area contributed by atoms with Gasteiger partial charge in [-0.1, -0.05) is 43.7 Å². The fourth-order valence-electron chi connectivity index (χ4n) is 2.21. The first-order valence-corrected chi connectivity index (χ1v) is 10.8. The lowest BCUT2D eigenvalue weighted by Crippen LogP contribution is -2.34. The highest BCUT2D eigenvalue weighted by Gasteiger charge is 2.15. The molecule has 30 heavy (non-hydrogen) atoms. The Hall–Kier alpha value is -2.12. The molecule has 0 saturated carbocycles. The van der Waals surface area contributed by atoms with Crippen LogP contribution in [-0.2, 0) is 20.8 Å². The zero-order valence-corrected chi connectivity index (χ0v) is 19.4. The molecule has 0 aliphatic carbocycles. The predicted molar refractivity (Wildman–Crippen MR) is 121 cm³/mol. The zero-order valence-electron chi connectivity index (χ0n) is 19.4. The molecule has 1 aromatic carbocycles. The Balaban J connectivity index is 0.000000612. The number of amides is 2. The summed E-state index contributed by atoms with van der Waals surface area (Å²) in [6.45, 7) is 13.5. The molecule has 3 N–H and O–H groups in total. The third kappa shape index (κ3) is 19.2. The average Bonchev–Trinajstić information content (AvgIpc) is 2.68. The van der Waals surface area contributed by atoms with E-state index < -0.39 is 5.60 Å². The molecule has 2 amide bonds. The Kier molecular flexibility index (Phi) is 16.5. The lowest BCUT2D eigenvalue weighted by Gasteiger charge is -2.19. The Morgan fingerprint density at radius 3 is 2.23 bits per heavy atom. The fraction of sp³-hybridized carbons (Fsp3) is 0.652. The first-order chi connectivity index (χ1) is 14.3. The van der Waals surface area contributed by atoms with Gasteiger partial charge in [0.15, 0.2) is 0 Å². The highest BCUT2D eigenvalue weighted by Crippen LogP contribution is 2.06. The van der Waals surface area contributed by atoms with Gasteiger partial charge in [-0.2, -0.15) is 0 Å². The summed E-state index contributed by atoms with van der Waals surface area (Å²) < 4.78 is 10.2. The van der Waals surface area contributed by atoms with E-state index in [9.17, 15) is 9.59 Å². The smallest absolute Gasteiger partial charge is 0.407 e. The summed E-state index contributed by atoms with van der Waals surface area (Å²) in [5.41, 5.74) is 0.790. The highest BCUT2D eigenvalue weighted by atomic mass is 16.6. The standard InChI is InChI=1S/C14H22N2O2.C9H19NO2/c1-2-18-10-6-9-16-14(17)12-15-11-13-7-4-3-5-8-13;1-5-6-7-10-8(11)12-9(2,3)4/h3-5,7-8,15H,2,6,9-12H2,1H3,(H,16,17);5-7H2,1-4H3,(H,10,11). The molecule has 0 saturated heterocycles. The number of carbonyl (C=O) groups is 2. The number of unbranched alkanes of at least 4 members (excludes halogenated alkanes) is 1. The Morgan fingerprint density at radius 1 is 0.967 bits per heavy atom. The van der Waals surface area contributed by atoms with Crippen LogP contribution < -0.4 is 16.0 Å². The van der Waals surface area contributed by atoms with Crippen LogP contribution in [0.15, 0.2) is 30.3 Å². The number of carbonyl (C=O) groups excluding carboxylic acids is 2. The van der Waals surface area contributed by atoms with Crippen molar-refractivity contribution in [1.29, 1.82) is 0 Å². The Morgan fingerprint density at radius 2 is 1.63 bits per heavy atom. The van der Waals surface area contributed by atoms with E-state index in [2.05, 4.69) is 22.9 Å². The van der Waals surface area contributed by atoms with E-state index in [0.29, 0.717) is 32.8 Å². The second-order valence-electron chi connectivity index (χ2n) is 7.77. The average molecular weight is 424 g/mol. The van der Waals surface area contributed by atoms with Crippen molar-refractivity contribution in [2.45, 2.75) is 66.0 Å². The lowest BCUT2D eigenvalue weighted by atomic mass is 10.2. The molecule has 0 aliphatic rings. The van der Waals surface area contributed by atoms with Crippen LogP contribution in [0.5, 0.6) is 0 Å². The molecule has 0 aromatic heterocycles. The second-order valence-corrected chi connectivity index (χ2v) is 7.77. The molecule has 7 heteroatoms. The van der Waals surface area contributed by atoms with Crippen molar-refractivity contribution >= 4 is 12.0 Å². The number of alkyl carbamates (subject to hydrolysis) is 1. The predicted octanol–water partition coefficient (Wildman–Crippen LogP) is 3.63. The van der Waals surface area contributed by atoms with Crippen LogP contribution >= 0.6 is 0 Å². The van der Waals surface area contributed by atoms with Crippen molar-refractivity contribution in [2.75, 3.05) is 32.8 Å². The van der Waals surface area contributed by atoms with Gasteiger partial charge in [-0.05, 0) is 46.1 Å². The maximum Gasteiger partial charge on any atom is 0.407 e. The van der Waals surface area contributed by atoms with Gasteiger partial charge in [-0.15, -0.1) is 0 Å². The van der Waals surface area contributed by atoms with E-state index in [-0.39, 0.29) is 12.0 Å². The van der Waals surface area contributed by atoms with Gasteiger partial charge in [0.1, 0.15) is 5.60 Å². The molecule has 0 radical (unpaired) electrons. The minimum atomic E-state index is -0.393. The topological polar surface area (TPSA) is 88.7 Å². The van der Waals surface area contributed by atoms with Gasteiger partial charge < -0.3 is 25.4 Å². The van der Waals surface area contributed by atoms with Gasteiger partial charge >= 0.3 is 6.09 Å². The first-order valence-electron chi connectivity index (χ1n) is 10.8. The van der Waals surface area contributed by atoms with Crippen LogP contribution in [0, 0.1) is 0 Å². The maximum absolute atomic E-state index is 11.5. The third-order valence-corrected chi connectivity index (χ3v) is 3.65. The molecule has 1 aromatic rings. The van der Waals surface area contributed by atoms with Gasteiger partial charge in [-0.25, -0.2) is 4.79 Å². The lowest BCUT2D eigenvalue weighted by molar-refractivity contribution is -0.120. The molecule has 0 spiro atoms. The maximum atomic E-state index is 11.5. The number of hydrogen-bond acceptors (Lipinski definition) is 5. The van der Waals surface area contributed by atoms with Gasteiger partial charge in [0.25, 0.3) is 0 Å². The van der Waals surface area contributed by atoms with Gasteiger partial charge in [0.2, 0.25) is 5.91 Å². The number of ether oxygens (including phenoxy) is 2. The largest absolute Gasteiger partial charge is 0.444 e. The van der Waals surface area contributed by atoms with E-state index in [1.165, 1.54) is 5.56 Å². The van der Waals surface area contributed by atoms with Crippen LogP contribution in [0.4, 0.5) is 4.79 Å². The SMILES string of the molecule is CCCCNC(=O)OC(C)(C)C.CCOCCCNC(=O)CNCc1ccccc1. The van der Waals surface area contributed by atoms with Crippen LogP contribution in [0.2, 0.25) is 0 Å². The van der Waals surface area contributed by atoms with Crippen LogP contribution in [0.25, 0.3) is 0 Å². The van der Waals surface area contributed by atoms with Crippen molar-refractivity contribution < 1.29 is 19.1 Å². The van der Waals surface area contributed by atoms with Crippen LogP contribution in [-0.4, -0.2) is 50.4 Å². The van der Waals surface area contributed by atoms with Gasteiger partial charge in [0.05, 0.1) is 6.54 Å². The highest BCUT2D eigenvalue weighted by molar-refractivity contribution is 5.77. The van der Waals surface area contributed by atoms with E-state index in [0.717, 1.165) is 25.9 Å². The van der Waals surface area contributed by atoms with Crippen molar-refractivity contribution in [3.8, 4) is 0 Å². The van der Waals surface area contributed by atoms with E-state index in [4.69, 9.17) is 9.47 Å². The number of benzene rings is 1. The number of rotatable bonds is 12. The molecule has 0 unspecified atom stereocenters. The quantitative estimate of drug-likeness (QED) is 0.447. The summed E-state index contributed by atoms with van der Waals surface area (Å²) in [5.74, 6) is 0.0300. The summed E-state index contributed by atoms with van der Waals surface area (Å²) in [7, 11) is 0. The number of hydrogen-bond donors (Lipinski definition) is 3. The minimum absolute atomic E-state index is 0.0300. The van der Waals surface area contributed by atoms with Crippen molar-refractivity contribution in [1.82, 2.24) is 16.0 Å². The van der Waals surface area contributed by atoms with E-state index in [1.807, 2.05) is 58.0 Å². The summed E-state index contributed by atoms with van der Waals surface area (Å²) in [4.78, 5) is 22.5. The first kappa shape index (κ1) is 27.9. The Bertz CT molecular complexity index is 559. The Labute approximate surface area is 182 Å². The van der Waals surface area contributed by atoms with Crippen LogP contribution in [0.1, 0.15) is 59.4 Å². The van der Waals surface area contributed by atoms with E-state index in [1.54, 1.807) is 0 Å². The van der Waals surface area contributed by atoms with Crippen LogP contribution in [0.3, 0.4) is 0 Å². The van der Waals surface area contributed by atoms with Crippen molar-refractivity contribution in [3.63, 3.8) is 0 Å². The zero-order chi connectivity index (χ0) is 22.7. The summed E-state index contributed by atoms with van der Waals surface area (Å²) in [5, 5.41) is 8.64. The molecule has 1 rings (SSSR count). The van der Waals surface area contributed by atoms with Gasteiger partial charge in [-0.3, -0.25) is 4.79 Å². The second kappa shape index (κ2) is 17.7. The molecule has 172 valence electrons. The molecule has 7 nitrogen and oxygen atoms in total. The fourth-order valence-corrected chi connectivity index (χ4v) is 2.21. The van der Waals surface area contributed by atoms with E-state index >= 15 is 0 Å².